The molecule has 2 N–H and O–H groups in total. The van der Waals surface area contributed by atoms with Crippen molar-refractivity contribution in [3.8, 4) is 5.75 Å². The fourth-order valence-electron chi connectivity index (χ4n) is 3.41. The van der Waals surface area contributed by atoms with Crippen LogP contribution >= 0.6 is 0 Å². The van der Waals surface area contributed by atoms with Crippen molar-refractivity contribution in [2.24, 2.45) is 5.92 Å². The van der Waals surface area contributed by atoms with Crippen LogP contribution in [0.1, 0.15) is 39.0 Å². The molecule has 0 bridgehead atoms. The van der Waals surface area contributed by atoms with Gasteiger partial charge in [-0.2, -0.15) is 0 Å². The minimum absolute atomic E-state index is 0.0854. The van der Waals surface area contributed by atoms with Crippen LogP contribution in [-0.2, 0) is 14.3 Å². The van der Waals surface area contributed by atoms with E-state index in [1.807, 2.05) is 0 Å². The van der Waals surface area contributed by atoms with Gasteiger partial charge in [0.15, 0.2) is 0 Å². The van der Waals surface area contributed by atoms with Crippen molar-refractivity contribution >= 4 is 17.6 Å². The number of nitrogens with zero attached hydrogens (tertiary/aromatic N) is 2. The molecule has 10 heteroatoms. The summed E-state index contributed by atoms with van der Waals surface area (Å²) in [5.41, 5.74) is 0.0854. The van der Waals surface area contributed by atoms with E-state index in [-0.39, 0.29) is 11.8 Å². The Balaban J connectivity index is 0.000000703. The second-order valence-corrected chi connectivity index (χ2v) is 7.33. The maximum Gasteiger partial charge on any atom is 0.414 e. The maximum atomic E-state index is 10.7. The molecule has 0 radical (unpaired) electrons. The normalized spacial score (nSPS) is 18.5. The number of piperidine rings is 1. The molecule has 31 heavy (non-hydrogen) atoms. The number of likely N-dealkylation sites (tertiary alicyclic amines) is 1. The molecule has 1 saturated heterocycles. The molecule has 0 aromatic heterocycles. The fraction of sp³-hybridized carbons (Fsp3) is 0.619. The van der Waals surface area contributed by atoms with Crippen molar-refractivity contribution < 1.29 is 34.2 Å². The Labute approximate surface area is 181 Å². The number of carboxylic acid groups (broad SMARTS) is 2. The summed E-state index contributed by atoms with van der Waals surface area (Å²) in [4.78, 5) is 31.0. The summed E-state index contributed by atoms with van der Waals surface area (Å²) in [5, 5.41) is 25.4. The van der Waals surface area contributed by atoms with Crippen LogP contribution in [0.5, 0.6) is 5.75 Å². The Morgan fingerprint density at radius 1 is 1.19 bits per heavy atom. The topological polar surface area (TPSA) is 139 Å². The number of carboxylic acids is 2. The Bertz CT molecular complexity index is 683. The highest BCUT2D eigenvalue weighted by atomic mass is 16.6. The molecule has 0 unspecified atom stereocenters. The molecule has 174 valence electrons. The Kier molecular flexibility index (Phi) is 12.2. The van der Waals surface area contributed by atoms with Crippen LogP contribution in [0.4, 0.5) is 5.69 Å². The van der Waals surface area contributed by atoms with Crippen LogP contribution in [0.3, 0.4) is 0 Å². The number of non-ortho nitro benzene ring substituents is 1. The van der Waals surface area contributed by atoms with Crippen molar-refractivity contribution in [3.63, 3.8) is 0 Å². The second kappa shape index (κ2) is 14.3. The molecule has 0 spiro atoms. The first-order chi connectivity index (χ1) is 14.8. The number of ether oxygens (including phenoxy) is 2. The summed E-state index contributed by atoms with van der Waals surface area (Å²) < 4.78 is 11.5. The van der Waals surface area contributed by atoms with Crippen LogP contribution < -0.4 is 4.74 Å². The highest BCUT2D eigenvalue weighted by Crippen LogP contribution is 2.24. The first-order valence-electron chi connectivity index (χ1n) is 10.4. The van der Waals surface area contributed by atoms with Gasteiger partial charge in [0.1, 0.15) is 5.75 Å². The van der Waals surface area contributed by atoms with E-state index < -0.39 is 16.9 Å². The van der Waals surface area contributed by atoms with E-state index in [9.17, 15) is 10.1 Å². The molecule has 1 heterocycles. The van der Waals surface area contributed by atoms with E-state index in [1.165, 1.54) is 37.9 Å². The van der Waals surface area contributed by atoms with Crippen molar-refractivity contribution in [3.05, 3.63) is 34.4 Å². The molecule has 1 aromatic carbocycles. The van der Waals surface area contributed by atoms with Crippen LogP contribution in [0.15, 0.2) is 24.3 Å². The number of nitro groups is 1. The van der Waals surface area contributed by atoms with Gasteiger partial charge in [-0.3, -0.25) is 10.1 Å². The Morgan fingerprint density at radius 3 is 2.35 bits per heavy atom. The van der Waals surface area contributed by atoms with Gasteiger partial charge in [0.05, 0.1) is 17.6 Å². The third-order valence-electron chi connectivity index (χ3n) is 5.15. The lowest BCUT2D eigenvalue weighted by molar-refractivity contribution is -0.384. The number of unbranched alkanes of at least 4 members (excludes halogenated alkanes) is 2. The van der Waals surface area contributed by atoms with E-state index >= 15 is 0 Å². The number of methoxy groups -OCH3 is 1. The van der Waals surface area contributed by atoms with Gasteiger partial charge < -0.3 is 24.6 Å². The lowest BCUT2D eigenvalue weighted by Gasteiger charge is -2.37. The molecule has 1 aliphatic heterocycles. The number of hydrogen-bond acceptors (Lipinski definition) is 7. The molecule has 10 nitrogen and oxygen atoms in total. The number of hydrogen-bond donors (Lipinski definition) is 2. The molecule has 0 saturated carbocycles. The molecular formula is C21H32N2O8. The first-order valence-corrected chi connectivity index (χ1v) is 10.4. The number of rotatable bonds is 10. The molecule has 0 amide bonds. The van der Waals surface area contributed by atoms with Gasteiger partial charge in [-0.05, 0) is 50.4 Å². The van der Waals surface area contributed by atoms with Crippen molar-refractivity contribution in [1.82, 2.24) is 4.90 Å². The molecule has 1 aliphatic rings. The smallest absolute Gasteiger partial charge is 0.414 e. The summed E-state index contributed by atoms with van der Waals surface area (Å²) in [6, 6.07) is 6.26. The quantitative estimate of drug-likeness (QED) is 0.243. The third kappa shape index (κ3) is 10.2. The summed E-state index contributed by atoms with van der Waals surface area (Å²) in [6.07, 6.45) is 6.15. The average Bonchev–Trinajstić information content (AvgIpc) is 2.75. The lowest BCUT2D eigenvalue weighted by atomic mass is 9.91. The average molecular weight is 440 g/mol. The summed E-state index contributed by atoms with van der Waals surface area (Å²) >= 11 is 0. The van der Waals surface area contributed by atoms with Crippen LogP contribution in [-0.4, -0.2) is 71.4 Å². The summed E-state index contributed by atoms with van der Waals surface area (Å²) in [6.45, 7) is 6.14. The first kappa shape index (κ1) is 26.3. The van der Waals surface area contributed by atoms with Crippen LogP contribution in [0.2, 0.25) is 0 Å². The second-order valence-electron chi connectivity index (χ2n) is 7.33. The molecule has 2 atom stereocenters. The molecular weight excluding hydrogens is 408 g/mol. The van der Waals surface area contributed by atoms with Crippen molar-refractivity contribution in [2.45, 2.75) is 45.1 Å². The molecule has 1 fully saturated rings. The van der Waals surface area contributed by atoms with E-state index in [1.54, 1.807) is 19.2 Å². The lowest BCUT2D eigenvalue weighted by Crippen LogP contribution is -2.45. The highest BCUT2D eigenvalue weighted by Gasteiger charge is 2.28. The zero-order chi connectivity index (χ0) is 23.2. The zero-order valence-corrected chi connectivity index (χ0v) is 18.1. The van der Waals surface area contributed by atoms with E-state index in [0.29, 0.717) is 18.3 Å². The number of aliphatic carboxylic acids is 2. The van der Waals surface area contributed by atoms with E-state index in [0.717, 1.165) is 25.9 Å². The molecule has 0 aliphatic carbocycles. The largest absolute Gasteiger partial charge is 0.494 e. The summed E-state index contributed by atoms with van der Waals surface area (Å²) in [7, 11) is 1.80. The van der Waals surface area contributed by atoms with Gasteiger partial charge in [0, 0.05) is 25.8 Å². The molecule has 2 rings (SSSR count). The Morgan fingerprint density at radius 2 is 1.84 bits per heavy atom. The van der Waals surface area contributed by atoms with Gasteiger partial charge in [-0.25, -0.2) is 9.59 Å². The molecule has 1 aromatic rings. The fourth-order valence-corrected chi connectivity index (χ4v) is 3.41. The number of carbonyl (C=O) groups is 2. The van der Waals surface area contributed by atoms with Crippen molar-refractivity contribution in [2.75, 3.05) is 33.4 Å². The third-order valence-corrected chi connectivity index (χ3v) is 5.15. The monoisotopic (exact) mass is 440 g/mol. The van der Waals surface area contributed by atoms with Gasteiger partial charge in [0.2, 0.25) is 0 Å². The Hall–Kier alpha value is -2.72. The van der Waals surface area contributed by atoms with Crippen LogP contribution in [0, 0.1) is 16.0 Å². The SMILES string of the molecule is CCCCCN1CC[C@H](CCOc2ccc([N+](=O)[O-])cc2)[C@H](OC)C1.O=C(O)C(=O)O. The standard InChI is InChI=1S/C19H30N2O4.C2H2O4/c1-3-4-5-12-20-13-10-16(19(15-20)24-2)11-14-25-18-8-6-17(7-9-18)21(22)23;3-1(4)2(5)6/h6-9,16,19H,3-5,10-15H2,1-2H3;(H,3,4)(H,5,6)/t16-,19-;/m1./s1. The van der Waals surface area contributed by atoms with Crippen molar-refractivity contribution in [1.29, 1.82) is 0 Å². The predicted molar refractivity (Wildman–Crippen MR) is 113 cm³/mol. The predicted octanol–water partition coefficient (Wildman–Crippen LogP) is 3.05. The van der Waals surface area contributed by atoms with E-state index in [2.05, 4.69) is 11.8 Å². The number of benzene rings is 1. The number of nitro benzene ring substituents is 1. The van der Waals surface area contributed by atoms with Gasteiger partial charge in [-0.1, -0.05) is 19.8 Å². The zero-order valence-electron chi connectivity index (χ0n) is 18.1. The van der Waals surface area contributed by atoms with E-state index in [4.69, 9.17) is 29.3 Å². The highest BCUT2D eigenvalue weighted by molar-refractivity contribution is 6.27. The van der Waals surface area contributed by atoms with Gasteiger partial charge in [-0.15, -0.1) is 0 Å². The van der Waals surface area contributed by atoms with Gasteiger partial charge >= 0.3 is 11.9 Å². The maximum absolute atomic E-state index is 10.7. The minimum atomic E-state index is -1.82. The van der Waals surface area contributed by atoms with Gasteiger partial charge in [0.25, 0.3) is 5.69 Å². The summed E-state index contributed by atoms with van der Waals surface area (Å²) in [5.74, 6) is -2.47. The van der Waals surface area contributed by atoms with Crippen LogP contribution in [0.25, 0.3) is 0 Å². The minimum Gasteiger partial charge on any atom is -0.494 e.